The lowest BCUT2D eigenvalue weighted by molar-refractivity contribution is -0.121. The molecule has 0 spiro atoms. The molecule has 19 heavy (non-hydrogen) atoms. The molecule has 4 nitrogen and oxygen atoms in total. The van der Waals surface area contributed by atoms with Crippen molar-refractivity contribution in [1.82, 2.24) is 10.2 Å². The molecule has 0 aliphatic carbocycles. The second-order valence-corrected chi connectivity index (χ2v) is 5.32. The van der Waals surface area contributed by atoms with Crippen LogP contribution in [0.25, 0.3) is 0 Å². The molecular weight excluding hydrogens is 284 g/mol. The minimum Gasteiger partial charge on any atom is -1.00 e. The second kappa shape index (κ2) is 8.53. The Bertz CT molecular complexity index is 367. The summed E-state index contributed by atoms with van der Waals surface area (Å²) in [5.41, 5.74) is 0. The maximum atomic E-state index is 11.4. The molecule has 6 heteroatoms. The molecule has 1 fully saturated rings. The zero-order chi connectivity index (χ0) is 12.8. The lowest BCUT2D eigenvalue weighted by atomic mass is 10.2. The average molecular weight is 304 g/mol. The van der Waals surface area contributed by atoms with Gasteiger partial charge < -0.3 is 22.5 Å². The topological polar surface area (TPSA) is 41.6 Å². The van der Waals surface area contributed by atoms with Gasteiger partial charge in [0.25, 0.3) is 0 Å². The highest BCUT2D eigenvalue weighted by Gasteiger charge is 2.23. The van der Waals surface area contributed by atoms with Crippen molar-refractivity contribution in [2.75, 3.05) is 32.8 Å². The van der Waals surface area contributed by atoms with Gasteiger partial charge in [-0.3, -0.25) is 9.69 Å². The van der Waals surface area contributed by atoms with Gasteiger partial charge in [-0.25, -0.2) is 0 Å². The number of nitrogens with zero attached hydrogens (tertiary/aromatic N) is 1. The van der Waals surface area contributed by atoms with E-state index in [1.54, 1.807) is 11.3 Å². The first-order valence-electron chi connectivity index (χ1n) is 6.43. The number of hydrogen-bond donors (Lipinski definition) is 1. The highest BCUT2D eigenvalue weighted by molar-refractivity contribution is 7.10. The highest BCUT2D eigenvalue weighted by Crippen LogP contribution is 2.25. The third-order valence-corrected chi connectivity index (χ3v) is 4.15. The van der Waals surface area contributed by atoms with Crippen LogP contribution < -0.4 is 17.7 Å². The first-order chi connectivity index (χ1) is 8.81. The first kappa shape index (κ1) is 16.4. The Hall–Kier alpha value is -0.620. The quantitative estimate of drug-likeness (QED) is 0.731. The number of halogens is 1. The molecule has 0 radical (unpaired) electrons. The molecule has 1 atom stereocenters. The Morgan fingerprint density at radius 1 is 1.53 bits per heavy atom. The number of amides is 1. The summed E-state index contributed by atoms with van der Waals surface area (Å²) in [6.07, 6.45) is 0.542. The maximum Gasteiger partial charge on any atom is 0.219 e. The van der Waals surface area contributed by atoms with Crippen LogP contribution in [0.4, 0.5) is 0 Å². The molecule has 1 saturated heterocycles. The van der Waals surface area contributed by atoms with Crippen molar-refractivity contribution in [1.29, 1.82) is 0 Å². The summed E-state index contributed by atoms with van der Waals surface area (Å²) >= 11 is 1.75. The summed E-state index contributed by atoms with van der Waals surface area (Å²) in [5.74, 6) is 0.116. The zero-order valence-electron chi connectivity index (χ0n) is 11.1. The molecule has 2 rings (SSSR count). The van der Waals surface area contributed by atoms with Crippen molar-refractivity contribution in [3.8, 4) is 0 Å². The minimum absolute atomic E-state index is 0. The van der Waals surface area contributed by atoms with Crippen LogP contribution in [0.1, 0.15) is 24.3 Å². The molecule has 1 amide bonds. The number of carbonyl (C=O) groups is 1. The molecule has 0 aromatic carbocycles. The van der Waals surface area contributed by atoms with Crippen LogP contribution in [0.2, 0.25) is 0 Å². The number of thiophene rings is 1. The van der Waals surface area contributed by atoms with Crippen LogP contribution in [0.5, 0.6) is 0 Å². The number of hydrogen-bond acceptors (Lipinski definition) is 4. The molecule has 1 aromatic heterocycles. The Morgan fingerprint density at radius 2 is 2.26 bits per heavy atom. The molecule has 0 saturated carbocycles. The summed E-state index contributed by atoms with van der Waals surface area (Å²) in [6.45, 7) is 6.00. The molecule has 1 aromatic rings. The van der Waals surface area contributed by atoms with Crippen molar-refractivity contribution in [2.24, 2.45) is 0 Å². The van der Waals surface area contributed by atoms with Crippen molar-refractivity contribution in [2.45, 2.75) is 19.4 Å². The largest absolute Gasteiger partial charge is 1.00 e. The van der Waals surface area contributed by atoms with Crippen LogP contribution in [-0.4, -0.2) is 43.7 Å². The van der Waals surface area contributed by atoms with Gasteiger partial charge in [-0.15, -0.1) is 11.3 Å². The van der Waals surface area contributed by atoms with Crippen LogP contribution in [-0.2, 0) is 9.53 Å². The zero-order valence-corrected chi connectivity index (χ0v) is 12.7. The van der Waals surface area contributed by atoms with E-state index in [9.17, 15) is 4.79 Å². The number of rotatable bonds is 5. The fraction of sp³-hybridized carbons (Fsp3) is 0.615. The molecule has 1 N–H and O–H groups in total. The summed E-state index contributed by atoms with van der Waals surface area (Å²) < 4.78 is 5.39. The van der Waals surface area contributed by atoms with Crippen molar-refractivity contribution >= 4 is 17.2 Å². The summed E-state index contributed by atoms with van der Waals surface area (Å²) in [5, 5.41) is 5.09. The number of nitrogens with one attached hydrogen (secondary N) is 1. The van der Waals surface area contributed by atoms with E-state index in [1.807, 2.05) is 6.92 Å². The predicted molar refractivity (Wildman–Crippen MR) is 72.8 cm³/mol. The monoisotopic (exact) mass is 303 g/mol. The normalized spacial score (nSPS) is 17.5. The smallest absolute Gasteiger partial charge is 0.219 e. The Kier molecular flexibility index (Phi) is 7.38. The SMILES string of the molecule is CCC(=O)NCC(c1cccs1)N1CCOCC1.[Cl-]. The van der Waals surface area contributed by atoms with E-state index >= 15 is 0 Å². The predicted octanol–water partition coefficient (Wildman–Crippen LogP) is -1.35. The van der Waals surface area contributed by atoms with E-state index in [0.29, 0.717) is 13.0 Å². The lowest BCUT2D eigenvalue weighted by Crippen LogP contribution is -3.00. The highest BCUT2D eigenvalue weighted by atomic mass is 35.5. The molecule has 2 heterocycles. The second-order valence-electron chi connectivity index (χ2n) is 4.34. The molecule has 1 unspecified atom stereocenters. The fourth-order valence-electron chi connectivity index (χ4n) is 2.12. The van der Waals surface area contributed by atoms with Gasteiger partial charge in [0.15, 0.2) is 0 Å². The Labute approximate surface area is 124 Å². The van der Waals surface area contributed by atoms with Gasteiger partial charge in [0.05, 0.1) is 19.3 Å². The third kappa shape index (κ3) is 4.76. The molecule has 108 valence electrons. The van der Waals surface area contributed by atoms with Gasteiger partial charge in [0.1, 0.15) is 0 Å². The van der Waals surface area contributed by atoms with Gasteiger partial charge >= 0.3 is 0 Å². The standard InChI is InChI=1S/C13H20N2O2S.ClH/c1-2-13(16)14-10-11(12-4-3-9-18-12)15-5-7-17-8-6-15;/h3-4,9,11H,2,5-8,10H2,1H3,(H,14,16);1H/p-1. The number of carbonyl (C=O) groups excluding carboxylic acids is 1. The molecule has 1 aliphatic heterocycles. The number of morpholine rings is 1. The van der Waals surface area contributed by atoms with Gasteiger partial charge in [-0.2, -0.15) is 0 Å². The van der Waals surface area contributed by atoms with Crippen LogP contribution in [0.15, 0.2) is 17.5 Å². The molecule has 1 aliphatic rings. The van der Waals surface area contributed by atoms with E-state index < -0.39 is 0 Å². The third-order valence-electron chi connectivity index (χ3n) is 3.17. The van der Waals surface area contributed by atoms with E-state index in [2.05, 4.69) is 27.7 Å². The minimum atomic E-state index is 0. The van der Waals surface area contributed by atoms with Gasteiger partial charge in [-0.05, 0) is 11.4 Å². The average Bonchev–Trinajstić information content (AvgIpc) is 2.94. The van der Waals surface area contributed by atoms with Crippen LogP contribution in [0.3, 0.4) is 0 Å². The summed E-state index contributed by atoms with van der Waals surface area (Å²) in [4.78, 5) is 15.1. The van der Waals surface area contributed by atoms with Crippen LogP contribution >= 0.6 is 11.3 Å². The lowest BCUT2D eigenvalue weighted by Gasteiger charge is -2.34. The maximum absolute atomic E-state index is 11.4. The Balaban J connectivity index is 0.00000180. The molecular formula is C13H20ClN2O2S-. The van der Waals surface area contributed by atoms with Crippen molar-refractivity contribution < 1.29 is 21.9 Å². The van der Waals surface area contributed by atoms with Crippen molar-refractivity contribution in [3.63, 3.8) is 0 Å². The Morgan fingerprint density at radius 3 is 2.84 bits per heavy atom. The number of ether oxygens (including phenoxy) is 1. The van der Waals surface area contributed by atoms with Gasteiger partial charge in [-0.1, -0.05) is 13.0 Å². The summed E-state index contributed by atoms with van der Waals surface area (Å²) in [7, 11) is 0. The first-order valence-corrected chi connectivity index (χ1v) is 7.31. The van der Waals surface area contributed by atoms with Gasteiger partial charge in [0, 0.05) is 30.9 Å². The van der Waals surface area contributed by atoms with Crippen molar-refractivity contribution in [3.05, 3.63) is 22.4 Å². The van der Waals surface area contributed by atoms with E-state index in [1.165, 1.54) is 4.88 Å². The fourth-order valence-corrected chi connectivity index (χ4v) is 2.98. The van der Waals surface area contributed by atoms with E-state index in [-0.39, 0.29) is 24.4 Å². The van der Waals surface area contributed by atoms with E-state index in [4.69, 9.17) is 4.74 Å². The van der Waals surface area contributed by atoms with E-state index in [0.717, 1.165) is 26.3 Å². The van der Waals surface area contributed by atoms with Gasteiger partial charge in [0.2, 0.25) is 5.91 Å². The summed E-state index contributed by atoms with van der Waals surface area (Å²) in [6, 6.07) is 4.49. The van der Waals surface area contributed by atoms with Crippen LogP contribution in [0, 0.1) is 0 Å². The molecule has 0 bridgehead atoms.